The van der Waals surface area contributed by atoms with Gasteiger partial charge in [-0.1, -0.05) is 13.8 Å². The average molecular weight is 227 g/mol. The molecule has 0 aromatic carbocycles. The van der Waals surface area contributed by atoms with Gasteiger partial charge in [0, 0.05) is 12.6 Å². The van der Waals surface area contributed by atoms with Crippen LogP contribution in [0.3, 0.4) is 0 Å². The number of nitrogens with zero attached hydrogens (tertiary/aromatic N) is 3. The monoisotopic (exact) mass is 227 g/mol. The first kappa shape index (κ1) is 15.1. The fourth-order valence-corrected chi connectivity index (χ4v) is 1.91. The molecule has 0 rings (SSSR count). The SMILES string of the molecule is CCN(CC)C(C)(C)N(N=C(C)C)C(C)=O. The summed E-state index contributed by atoms with van der Waals surface area (Å²) in [5.74, 6) is -0.0295. The zero-order valence-corrected chi connectivity index (χ0v) is 11.7. The Morgan fingerprint density at radius 3 is 1.81 bits per heavy atom. The first-order valence-corrected chi connectivity index (χ1v) is 5.85. The molecule has 0 radical (unpaired) electrons. The molecule has 0 aromatic rings. The first-order valence-electron chi connectivity index (χ1n) is 5.85. The number of hydrogen-bond donors (Lipinski definition) is 0. The van der Waals surface area contributed by atoms with Crippen molar-refractivity contribution in [1.29, 1.82) is 0 Å². The van der Waals surface area contributed by atoms with E-state index in [2.05, 4.69) is 23.8 Å². The minimum absolute atomic E-state index is 0.0295. The van der Waals surface area contributed by atoms with Gasteiger partial charge in [0.2, 0.25) is 5.91 Å². The summed E-state index contributed by atoms with van der Waals surface area (Å²) in [5.41, 5.74) is 0.502. The fourth-order valence-electron chi connectivity index (χ4n) is 1.91. The van der Waals surface area contributed by atoms with Gasteiger partial charge in [-0.25, -0.2) is 5.01 Å². The molecule has 1 amide bonds. The van der Waals surface area contributed by atoms with Crippen molar-refractivity contribution in [3.63, 3.8) is 0 Å². The molecule has 0 aliphatic carbocycles. The van der Waals surface area contributed by atoms with Gasteiger partial charge in [0.05, 0.1) is 0 Å². The van der Waals surface area contributed by atoms with Crippen LogP contribution in [0.25, 0.3) is 0 Å². The van der Waals surface area contributed by atoms with E-state index in [4.69, 9.17) is 0 Å². The second kappa shape index (κ2) is 5.99. The Morgan fingerprint density at radius 2 is 1.56 bits per heavy atom. The maximum Gasteiger partial charge on any atom is 0.241 e. The molecular formula is C12H25N3O. The highest BCUT2D eigenvalue weighted by atomic mass is 16.2. The lowest BCUT2D eigenvalue weighted by Gasteiger charge is -2.42. The van der Waals surface area contributed by atoms with E-state index in [1.54, 1.807) is 11.9 Å². The minimum Gasteiger partial charge on any atom is -0.280 e. The van der Waals surface area contributed by atoms with Crippen molar-refractivity contribution < 1.29 is 4.79 Å². The lowest BCUT2D eigenvalue weighted by Crippen LogP contribution is -2.56. The standard InChI is InChI=1S/C12H25N3O/c1-8-14(9-2)12(6,7)15(11(5)16)13-10(3)4/h8-9H2,1-7H3. The number of rotatable bonds is 5. The van der Waals surface area contributed by atoms with Crippen LogP contribution in [0.15, 0.2) is 5.10 Å². The molecule has 0 saturated heterocycles. The topological polar surface area (TPSA) is 35.9 Å². The molecule has 0 aliphatic heterocycles. The summed E-state index contributed by atoms with van der Waals surface area (Å²) in [5, 5.41) is 5.89. The first-order chi connectivity index (χ1) is 7.27. The summed E-state index contributed by atoms with van der Waals surface area (Å²) in [6.45, 7) is 15.4. The maximum absolute atomic E-state index is 11.7. The molecule has 0 unspecified atom stereocenters. The summed E-state index contributed by atoms with van der Waals surface area (Å²) in [4.78, 5) is 13.9. The smallest absolute Gasteiger partial charge is 0.241 e. The normalized spacial score (nSPS) is 11.5. The van der Waals surface area contributed by atoms with Gasteiger partial charge in [-0.3, -0.25) is 9.69 Å². The Morgan fingerprint density at radius 1 is 1.12 bits per heavy atom. The molecule has 0 aliphatic rings. The third kappa shape index (κ3) is 3.59. The molecule has 4 heteroatoms. The summed E-state index contributed by atoms with van der Waals surface area (Å²) in [6.07, 6.45) is 0. The number of hydrogen-bond acceptors (Lipinski definition) is 3. The molecule has 16 heavy (non-hydrogen) atoms. The Balaban J connectivity index is 5.18. The lowest BCUT2D eigenvalue weighted by molar-refractivity contribution is -0.142. The Hall–Kier alpha value is -0.900. The zero-order valence-electron chi connectivity index (χ0n) is 11.7. The van der Waals surface area contributed by atoms with Crippen molar-refractivity contribution in [3.8, 4) is 0 Å². The highest BCUT2D eigenvalue weighted by molar-refractivity contribution is 5.82. The van der Waals surface area contributed by atoms with E-state index >= 15 is 0 Å². The highest BCUT2D eigenvalue weighted by Gasteiger charge is 2.33. The molecule has 0 N–H and O–H groups in total. The van der Waals surface area contributed by atoms with Gasteiger partial charge >= 0.3 is 0 Å². The number of amides is 1. The van der Waals surface area contributed by atoms with Crippen molar-refractivity contribution in [3.05, 3.63) is 0 Å². The third-order valence-electron chi connectivity index (χ3n) is 2.65. The van der Waals surface area contributed by atoms with Crippen molar-refractivity contribution in [2.24, 2.45) is 5.10 Å². The lowest BCUT2D eigenvalue weighted by atomic mass is 10.1. The van der Waals surface area contributed by atoms with Gasteiger partial charge in [-0.15, -0.1) is 0 Å². The summed E-state index contributed by atoms with van der Waals surface area (Å²) in [6, 6.07) is 0. The Kier molecular flexibility index (Phi) is 5.65. The molecule has 0 aromatic heterocycles. The molecule has 0 fully saturated rings. The van der Waals surface area contributed by atoms with Gasteiger partial charge in [0.1, 0.15) is 5.66 Å². The van der Waals surface area contributed by atoms with Crippen LogP contribution in [-0.2, 0) is 4.79 Å². The predicted molar refractivity (Wildman–Crippen MR) is 68.3 cm³/mol. The van der Waals surface area contributed by atoms with E-state index < -0.39 is 0 Å². The number of hydrazone groups is 1. The molecule has 0 spiro atoms. The predicted octanol–water partition coefficient (Wildman–Crippen LogP) is 2.31. The highest BCUT2D eigenvalue weighted by Crippen LogP contribution is 2.20. The van der Waals surface area contributed by atoms with Crippen LogP contribution in [0.5, 0.6) is 0 Å². The van der Waals surface area contributed by atoms with Crippen LogP contribution in [0.4, 0.5) is 0 Å². The van der Waals surface area contributed by atoms with Crippen LogP contribution in [0.1, 0.15) is 48.5 Å². The summed E-state index contributed by atoms with van der Waals surface area (Å²) < 4.78 is 0. The van der Waals surface area contributed by atoms with Gasteiger partial charge in [0.15, 0.2) is 0 Å². The molecule has 0 bridgehead atoms. The van der Waals surface area contributed by atoms with E-state index in [9.17, 15) is 4.79 Å². The van der Waals surface area contributed by atoms with E-state index in [-0.39, 0.29) is 11.6 Å². The molecular weight excluding hydrogens is 202 g/mol. The maximum atomic E-state index is 11.7. The molecule has 0 saturated carbocycles. The van der Waals surface area contributed by atoms with E-state index in [1.165, 1.54) is 0 Å². The average Bonchev–Trinajstić information content (AvgIpc) is 2.14. The Labute approximate surface area is 99.3 Å². The van der Waals surface area contributed by atoms with Gasteiger partial charge in [-0.2, -0.15) is 5.10 Å². The summed E-state index contributed by atoms with van der Waals surface area (Å²) >= 11 is 0. The Bertz CT molecular complexity index is 263. The molecule has 94 valence electrons. The van der Waals surface area contributed by atoms with Crippen LogP contribution in [0.2, 0.25) is 0 Å². The quantitative estimate of drug-likeness (QED) is 0.410. The number of carbonyl (C=O) groups excluding carboxylic acids is 1. The second-order valence-electron chi connectivity index (χ2n) is 4.54. The molecule has 0 atom stereocenters. The van der Waals surface area contributed by atoms with E-state index in [0.717, 1.165) is 18.8 Å². The van der Waals surface area contributed by atoms with Crippen molar-refractivity contribution in [2.45, 2.75) is 54.1 Å². The van der Waals surface area contributed by atoms with E-state index in [1.807, 2.05) is 27.7 Å². The van der Waals surface area contributed by atoms with Gasteiger partial charge in [-0.05, 0) is 40.8 Å². The molecule has 4 nitrogen and oxygen atoms in total. The zero-order chi connectivity index (χ0) is 12.9. The van der Waals surface area contributed by atoms with Crippen molar-refractivity contribution in [1.82, 2.24) is 9.91 Å². The second-order valence-corrected chi connectivity index (χ2v) is 4.54. The fraction of sp³-hybridized carbons (Fsp3) is 0.833. The van der Waals surface area contributed by atoms with Crippen LogP contribution in [-0.4, -0.2) is 40.3 Å². The van der Waals surface area contributed by atoms with E-state index in [0.29, 0.717) is 0 Å². The number of carbonyl (C=O) groups is 1. The van der Waals surface area contributed by atoms with Crippen molar-refractivity contribution >= 4 is 11.6 Å². The largest absolute Gasteiger partial charge is 0.280 e. The van der Waals surface area contributed by atoms with Crippen LogP contribution < -0.4 is 0 Å². The van der Waals surface area contributed by atoms with Crippen LogP contribution >= 0.6 is 0 Å². The minimum atomic E-state index is -0.382. The van der Waals surface area contributed by atoms with Crippen molar-refractivity contribution in [2.75, 3.05) is 13.1 Å². The molecule has 0 heterocycles. The summed E-state index contributed by atoms with van der Waals surface area (Å²) in [7, 11) is 0. The third-order valence-corrected chi connectivity index (χ3v) is 2.65. The van der Waals surface area contributed by atoms with Crippen LogP contribution in [0, 0.1) is 0 Å². The van der Waals surface area contributed by atoms with Gasteiger partial charge in [0.25, 0.3) is 0 Å². The van der Waals surface area contributed by atoms with Gasteiger partial charge < -0.3 is 0 Å².